The number of amides is 1. The molecule has 1 aromatic rings. The molecule has 0 unspecified atom stereocenters. The van der Waals surface area contributed by atoms with E-state index in [0.717, 1.165) is 12.1 Å². The molecule has 0 aliphatic rings. The van der Waals surface area contributed by atoms with E-state index in [9.17, 15) is 26.7 Å². The first-order chi connectivity index (χ1) is 8.59. The van der Waals surface area contributed by atoms with Crippen LogP contribution < -0.4 is 5.32 Å². The van der Waals surface area contributed by atoms with Gasteiger partial charge in [0.1, 0.15) is 6.07 Å². The van der Waals surface area contributed by atoms with Crippen molar-refractivity contribution in [2.45, 2.75) is 12.1 Å². The second kappa shape index (κ2) is 5.01. The Morgan fingerprint density at radius 2 is 1.84 bits per heavy atom. The number of carbonyl (C=O) groups excluding carboxylic acids is 1. The highest BCUT2D eigenvalue weighted by molar-refractivity contribution is 6.31. The lowest BCUT2D eigenvalue weighted by molar-refractivity contribution is -0.267. The van der Waals surface area contributed by atoms with E-state index < -0.39 is 23.7 Å². The first-order valence-electron chi connectivity index (χ1n) is 4.55. The minimum atomic E-state index is -6.03. The van der Waals surface area contributed by atoms with Crippen LogP contribution in [0.25, 0.3) is 0 Å². The van der Waals surface area contributed by atoms with Gasteiger partial charge >= 0.3 is 18.0 Å². The third-order valence-electron chi connectivity index (χ3n) is 1.99. The first-order valence-corrected chi connectivity index (χ1v) is 4.93. The molecule has 1 rings (SSSR count). The number of hydrogen-bond donors (Lipinski definition) is 1. The smallest absolute Gasteiger partial charge is 0.319 e. The van der Waals surface area contributed by atoms with E-state index >= 15 is 0 Å². The summed E-state index contributed by atoms with van der Waals surface area (Å²) < 4.78 is 61.2. The third kappa shape index (κ3) is 3.12. The molecule has 0 aromatic heterocycles. The van der Waals surface area contributed by atoms with Crippen LogP contribution in [0.5, 0.6) is 0 Å². The van der Waals surface area contributed by atoms with Gasteiger partial charge in [-0.3, -0.25) is 4.79 Å². The van der Waals surface area contributed by atoms with Crippen molar-refractivity contribution < 1.29 is 26.7 Å². The summed E-state index contributed by atoms with van der Waals surface area (Å²) >= 11 is 5.49. The zero-order valence-corrected chi connectivity index (χ0v) is 9.61. The van der Waals surface area contributed by atoms with E-state index in [1.807, 2.05) is 0 Å². The summed E-state index contributed by atoms with van der Waals surface area (Å²) in [4.78, 5) is 10.9. The zero-order chi connectivity index (χ0) is 14.8. The van der Waals surface area contributed by atoms with E-state index in [4.69, 9.17) is 16.9 Å². The van der Waals surface area contributed by atoms with Gasteiger partial charge in [0.25, 0.3) is 0 Å². The molecular weight excluding hydrogens is 295 g/mol. The number of rotatable bonds is 2. The zero-order valence-electron chi connectivity index (χ0n) is 8.86. The highest BCUT2D eigenvalue weighted by Crippen LogP contribution is 2.36. The van der Waals surface area contributed by atoms with Crippen molar-refractivity contribution in [3.63, 3.8) is 0 Å². The molecule has 9 heteroatoms. The molecule has 0 bridgehead atoms. The lowest BCUT2D eigenvalue weighted by Gasteiger charge is -2.19. The summed E-state index contributed by atoms with van der Waals surface area (Å²) in [6, 6.07) is 4.71. The van der Waals surface area contributed by atoms with Crippen LogP contribution in [0, 0.1) is 11.3 Å². The van der Waals surface area contributed by atoms with Crippen molar-refractivity contribution in [3.8, 4) is 6.07 Å². The fraction of sp³-hybridized carbons (Fsp3) is 0.200. The maximum absolute atomic E-state index is 12.7. The molecule has 102 valence electrons. The summed E-state index contributed by atoms with van der Waals surface area (Å²) in [6.45, 7) is 0. The van der Waals surface area contributed by atoms with E-state index in [2.05, 4.69) is 0 Å². The number of nitrogens with zero attached hydrogens (tertiary/aromatic N) is 1. The summed E-state index contributed by atoms with van der Waals surface area (Å²) in [5.74, 6) is -8.15. The van der Waals surface area contributed by atoms with E-state index in [1.165, 1.54) is 17.5 Å². The number of nitrogens with one attached hydrogen (secondary N) is 1. The lowest BCUT2D eigenvalue weighted by Crippen LogP contribution is -2.47. The SMILES string of the molecule is N#Cc1ccc(Cl)cc1NC(=O)C(F)(F)C(F)(F)F. The van der Waals surface area contributed by atoms with Gasteiger partial charge in [-0.25, -0.2) is 0 Å². The predicted molar refractivity (Wildman–Crippen MR) is 55.8 cm³/mol. The van der Waals surface area contributed by atoms with Crippen LogP contribution in [-0.4, -0.2) is 18.0 Å². The van der Waals surface area contributed by atoms with Gasteiger partial charge in [0.15, 0.2) is 0 Å². The molecule has 0 aliphatic carbocycles. The molecule has 0 heterocycles. The molecule has 3 nitrogen and oxygen atoms in total. The monoisotopic (exact) mass is 298 g/mol. The molecule has 1 amide bonds. The van der Waals surface area contributed by atoms with E-state index in [1.54, 1.807) is 0 Å². The number of carbonyl (C=O) groups is 1. The van der Waals surface area contributed by atoms with Gasteiger partial charge in [0, 0.05) is 5.02 Å². The predicted octanol–water partition coefficient (Wildman–Crippen LogP) is 3.35. The minimum absolute atomic E-state index is 0.0374. The molecule has 0 saturated carbocycles. The van der Waals surface area contributed by atoms with Crippen LogP contribution in [0.3, 0.4) is 0 Å². The number of nitriles is 1. The first kappa shape index (κ1) is 15.2. The van der Waals surface area contributed by atoms with E-state index in [-0.39, 0.29) is 10.6 Å². The highest BCUT2D eigenvalue weighted by atomic mass is 35.5. The maximum Gasteiger partial charge on any atom is 0.463 e. The standard InChI is InChI=1S/C10H4ClF5N2O/c11-6-2-1-5(4-17)7(3-6)18-8(19)9(12,13)10(14,15)16/h1-3H,(H,18,19). The fourth-order valence-electron chi connectivity index (χ4n) is 1.05. The van der Waals surface area contributed by atoms with Gasteiger partial charge in [-0.15, -0.1) is 0 Å². The molecule has 0 aliphatic heterocycles. The summed E-state index contributed by atoms with van der Waals surface area (Å²) in [5, 5.41) is 9.93. The van der Waals surface area contributed by atoms with Gasteiger partial charge in [-0.05, 0) is 18.2 Å². The van der Waals surface area contributed by atoms with Crippen molar-refractivity contribution >= 4 is 23.2 Å². The molecule has 1 aromatic carbocycles. The topological polar surface area (TPSA) is 52.9 Å². The third-order valence-corrected chi connectivity index (χ3v) is 2.23. The second-order valence-electron chi connectivity index (χ2n) is 3.33. The van der Waals surface area contributed by atoms with Gasteiger partial charge in [0.05, 0.1) is 11.3 Å². The highest BCUT2D eigenvalue weighted by Gasteiger charge is 2.63. The molecule has 19 heavy (non-hydrogen) atoms. The Morgan fingerprint density at radius 3 is 2.32 bits per heavy atom. The van der Waals surface area contributed by atoms with Gasteiger partial charge in [-0.2, -0.15) is 27.2 Å². The van der Waals surface area contributed by atoms with Crippen LogP contribution in [0.1, 0.15) is 5.56 Å². The molecule has 0 fully saturated rings. The van der Waals surface area contributed by atoms with Crippen molar-refractivity contribution in [1.82, 2.24) is 0 Å². The number of halogens is 6. The second-order valence-corrected chi connectivity index (χ2v) is 3.76. The van der Waals surface area contributed by atoms with Gasteiger partial charge in [0.2, 0.25) is 0 Å². The molecule has 1 N–H and O–H groups in total. The molecule has 0 saturated heterocycles. The fourth-order valence-corrected chi connectivity index (χ4v) is 1.22. The molecular formula is C10H4ClF5N2O. The Bertz CT molecular complexity index is 550. The largest absolute Gasteiger partial charge is 0.463 e. The van der Waals surface area contributed by atoms with Gasteiger partial charge in [-0.1, -0.05) is 11.6 Å². The number of alkyl halides is 5. The van der Waals surface area contributed by atoms with Crippen LogP contribution in [-0.2, 0) is 4.79 Å². The Balaban J connectivity index is 3.08. The van der Waals surface area contributed by atoms with E-state index in [0.29, 0.717) is 0 Å². The Hall–Kier alpha value is -1.88. The number of hydrogen-bond acceptors (Lipinski definition) is 2. The van der Waals surface area contributed by atoms with Crippen LogP contribution in [0.4, 0.5) is 27.6 Å². The molecule has 0 radical (unpaired) electrons. The Kier molecular flexibility index (Phi) is 4.00. The quantitative estimate of drug-likeness (QED) is 0.851. The van der Waals surface area contributed by atoms with Crippen molar-refractivity contribution in [2.75, 3.05) is 5.32 Å². The summed E-state index contributed by atoms with van der Waals surface area (Å²) in [5.41, 5.74) is -0.820. The van der Waals surface area contributed by atoms with Gasteiger partial charge < -0.3 is 5.32 Å². The Labute approximate surface area is 108 Å². The number of benzene rings is 1. The molecule has 0 spiro atoms. The van der Waals surface area contributed by atoms with Crippen molar-refractivity contribution in [2.24, 2.45) is 0 Å². The molecule has 0 atom stereocenters. The minimum Gasteiger partial charge on any atom is -0.319 e. The van der Waals surface area contributed by atoms with Crippen molar-refractivity contribution in [1.29, 1.82) is 5.26 Å². The summed E-state index contributed by atoms with van der Waals surface area (Å²) in [6.07, 6.45) is -6.03. The summed E-state index contributed by atoms with van der Waals surface area (Å²) in [7, 11) is 0. The normalized spacial score (nSPS) is 11.8. The van der Waals surface area contributed by atoms with Crippen LogP contribution in [0.15, 0.2) is 18.2 Å². The lowest BCUT2D eigenvalue weighted by atomic mass is 10.2. The van der Waals surface area contributed by atoms with Crippen LogP contribution in [0.2, 0.25) is 5.02 Å². The number of anilines is 1. The maximum atomic E-state index is 12.7. The Morgan fingerprint density at radius 1 is 1.26 bits per heavy atom. The average Bonchev–Trinajstić information content (AvgIpc) is 2.27. The van der Waals surface area contributed by atoms with Crippen LogP contribution >= 0.6 is 11.6 Å². The van der Waals surface area contributed by atoms with Crippen molar-refractivity contribution in [3.05, 3.63) is 28.8 Å². The average molecular weight is 299 g/mol.